The van der Waals surface area contributed by atoms with E-state index in [2.05, 4.69) is 89.5 Å². The van der Waals surface area contributed by atoms with E-state index in [0.717, 1.165) is 16.7 Å². The van der Waals surface area contributed by atoms with Crippen molar-refractivity contribution in [3.63, 3.8) is 0 Å². The molecule has 24 heavy (non-hydrogen) atoms. The van der Waals surface area contributed by atoms with Crippen LogP contribution < -0.4 is 5.32 Å². The number of rotatable bonds is 1. The Morgan fingerprint density at radius 1 is 1.08 bits per heavy atom. The van der Waals surface area contributed by atoms with Crippen molar-refractivity contribution in [2.75, 3.05) is 5.32 Å². The molecule has 2 aromatic rings. The van der Waals surface area contributed by atoms with Gasteiger partial charge in [0.2, 0.25) is 0 Å². The maximum atomic E-state index is 4.64. The molecule has 2 aliphatic rings. The fraction of sp³-hybridized carbons (Fsp3) is 0.286. The van der Waals surface area contributed by atoms with Crippen LogP contribution in [0.3, 0.4) is 0 Å². The number of halogens is 1. The quantitative estimate of drug-likeness (QED) is 0.674. The lowest BCUT2D eigenvalue weighted by molar-refractivity contribution is 0.458. The third-order valence-electron chi connectivity index (χ3n) is 5.22. The number of aromatic nitrogens is 1. The Morgan fingerprint density at radius 3 is 2.58 bits per heavy atom. The van der Waals surface area contributed by atoms with Crippen LogP contribution in [0, 0.1) is 5.41 Å². The van der Waals surface area contributed by atoms with E-state index in [1.807, 2.05) is 12.3 Å². The molecule has 1 unspecified atom stereocenters. The summed E-state index contributed by atoms with van der Waals surface area (Å²) in [5.74, 6) is 0.959. The van der Waals surface area contributed by atoms with E-state index in [4.69, 9.17) is 0 Å². The molecular weight excluding hydrogens is 360 g/mol. The summed E-state index contributed by atoms with van der Waals surface area (Å²) < 4.78 is 1.09. The molecule has 122 valence electrons. The monoisotopic (exact) mass is 380 g/mol. The zero-order chi connectivity index (χ0) is 16.9. The van der Waals surface area contributed by atoms with Gasteiger partial charge in [-0.1, -0.05) is 72.3 Å². The topological polar surface area (TPSA) is 24.9 Å². The van der Waals surface area contributed by atoms with Gasteiger partial charge in [0, 0.05) is 27.3 Å². The number of anilines is 1. The largest absolute Gasteiger partial charge is 0.343 e. The van der Waals surface area contributed by atoms with E-state index in [9.17, 15) is 0 Å². The van der Waals surface area contributed by atoms with Crippen molar-refractivity contribution in [3.05, 3.63) is 81.6 Å². The first kappa shape index (κ1) is 15.6. The van der Waals surface area contributed by atoms with E-state index in [1.54, 1.807) is 0 Å². The Labute approximate surface area is 151 Å². The number of fused-ring (bicyclic) bond motifs is 1. The maximum Gasteiger partial charge on any atom is 0.135 e. The summed E-state index contributed by atoms with van der Waals surface area (Å²) in [5.41, 5.74) is 5.06. The molecule has 2 heterocycles. The number of allylic oxidation sites excluding steroid dienone is 4. The Kier molecular flexibility index (Phi) is 3.47. The lowest BCUT2D eigenvalue weighted by Crippen LogP contribution is -2.36. The Morgan fingerprint density at radius 2 is 1.83 bits per heavy atom. The van der Waals surface area contributed by atoms with Crippen LogP contribution in [-0.4, -0.2) is 4.98 Å². The third kappa shape index (κ3) is 2.26. The summed E-state index contributed by atoms with van der Waals surface area (Å²) in [4.78, 5) is 4.64. The first-order valence-electron chi connectivity index (χ1n) is 8.32. The van der Waals surface area contributed by atoms with Crippen LogP contribution in [0.15, 0.2) is 70.5 Å². The standard InChI is InChI=1S/C21H21BrN2/c1-20(2)11-9-15-17(13-20)24-19-18(16(22)10-12-23-19)21(15,3)14-7-5-4-6-8-14/h4-12H,13H2,1-3H3,(H,23,24). The summed E-state index contributed by atoms with van der Waals surface area (Å²) in [7, 11) is 0. The van der Waals surface area contributed by atoms with Gasteiger partial charge in [-0.3, -0.25) is 0 Å². The van der Waals surface area contributed by atoms with Gasteiger partial charge in [0.1, 0.15) is 5.82 Å². The minimum atomic E-state index is -0.225. The summed E-state index contributed by atoms with van der Waals surface area (Å²) in [6.07, 6.45) is 7.50. The van der Waals surface area contributed by atoms with Gasteiger partial charge in [-0.2, -0.15) is 0 Å². The molecule has 1 aliphatic heterocycles. The minimum absolute atomic E-state index is 0.160. The molecule has 0 saturated carbocycles. The van der Waals surface area contributed by atoms with Crippen LogP contribution in [-0.2, 0) is 5.41 Å². The Hall–Kier alpha value is -1.87. The Balaban J connectivity index is 2.02. The van der Waals surface area contributed by atoms with Crippen LogP contribution in [0.25, 0.3) is 0 Å². The molecule has 0 spiro atoms. The van der Waals surface area contributed by atoms with Gasteiger partial charge in [0.15, 0.2) is 0 Å². The summed E-state index contributed by atoms with van der Waals surface area (Å²) in [6, 6.07) is 12.8. The highest BCUT2D eigenvalue weighted by atomic mass is 79.9. The van der Waals surface area contributed by atoms with Gasteiger partial charge in [0.05, 0.1) is 0 Å². The Bertz CT molecular complexity index is 865. The molecule has 0 saturated heterocycles. The van der Waals surface area contributed by atoms with Crippen molar-refractivity contribution in [3.8, 4) is 0 Å². The molecule has 1 aliphatic carbocycles. The summed E-state index contributed by atoms with van der Waals surface area (Å²) in [5, 5.41) is 3.61. The molecule has 0 amide bonds. The predicted octanol–water partition coefficient (Wildman–Crippen LogP) is 5.82. The zero-order valence-electron chi connectivity index (χ0n) is 14.2. The van der Waals surface area contributed by atoms with Crippen molar-refractivity contribution in [1.82, 2.24) is 4.98 Å². The van der Waals surface area contributed by atoms with Crippen molar-refractivity contribution in [2.45, 2.75) is 32.6 Å². The predicted molar refractivity (Wildman–Crippen MR) is 103 cm³/mol. The second-order valence-corrected chi connectivity index (χ2v) is 8.38. The van der Waals surface area contributed by atoms with Crippen LogP contribution in [0.4, 0.5) is 5.82 Å². The summed E-state index contributed by atoms with van der Waals surface area (Å²) in [6.45, 7) is 6.86. The number of nitrogens with one attached hydrogen (secondary N) is 1. The van der Waals surface area contributed by atoms with Gasteiger partial charge >= 0.3 is 0 Å². The van der Waals surface area contributed by atoms with E-state index in [0.29, 0.717) is 0 Å². The van der Waals surface area contributed by atoms with Crippen LogP contribution in [0.5, 0.6) is 0 Å². The lowest BCUT2D eigenvalue weighted by Gasteiger charge is -2.43. The molecule has 2 nitrogen and oxygen atoms in total. The minimum Gasteiger partial charge on any atom is -0.343 e. The number of nitrogens with zero attached hydrogens (tertiary/aromatic N) is 1. The van der Waals surface area contributed by atoms with E-state index >= 15 is 0 Å². The molecule has 1 N–H and O–H groups in total. The average molecular weight is 381 g/mol. The van der Waals surface area contributed by atoms with Crippen LogP contribution >= 0.6 is 15.9 Å². The summed E-state index contributed by atoms with van der Waals surface area (Å²) >= 11 is 3.77. The molecular formula is C21H21BrN2. The molecule has 3 heteroatoms. The second kappa shape index (κ2) is 5.32. The molecule has 0 radical (unpaired) electrons. The first-order valence-corrected chi connectivity index (χ1v) is 9.11. The van der Waals surface area contributed by atoms with Crippen molar-refractivity contribution in [1.29, 1.82) is 0 Å². The van der Waals surface area contributed by atoms with Gasteiger partial charge in [-0.25, -0.2) is 4.98 Å². The highest BCUT2D eigenvalue weighted by molar-refractivity contribution is 9.10. The molecule has 4 rings (SSSR count). The van der Waals surface area contributed by atoms with Crippen LogP contribution in [0.2, 0.25) is 0 Å². The number of benzene rings is 1. The molecule has 1 atom stereocenters. The van der Waals surface area contributed by atoms with Crippen molar-refractivity contribution in [2.24, 2.45) is 5.41 Å². The third-order valence-corrected chi connectivity index (χ3v) is 5.88. The first-order chi connectivity index (χ1) is 11.4. The fourth-order valence-electron chi connectivity index (χ4n) is 3.96. The van der Waals surface area contributed by atoms with Gasteiger partial charge < -0.3 is 5.32 Å². The molecule has 1 aromatic carbocycles. The lowest BCUT2D eigenvalue weighted by atomic mass is 9.65. The van der Waals surface area contributed by atoms with E-state index in [1.165, 1.54) is 22.4 Å². The maximum absolute atomic E-state index is 4.64. The molecule has 1 aromatic heterocycles. The highest BCUT2D eigenvalue weighted by Crippen LogP contribution is 2.52. The smallest absolute Gasteiger partial charge is 0.135 e. The highest BCUT2D eigenvalue weighted by Gasteiger charge is 2.43. The number of hydrogen-bond acceptors (Lipinski definition) is 2. The van der Waals surface area contributed by atoms with Crippen molar-refractivity contribution >= 4 is 21.7 Å². The number of hydrogen-bond donors (Lipinski definition) is 1. The van der Waals surface area contributed by atoms with Crippen LogP contribution in [0.1, 0.15) is 38.3 Å². The van der Waals surface area contributed by atoms with Gasteiger partial charge in [0.25, 0.3) is 0 Å². The van der Waals surface area contributed by atoms with Crippen molar-refractivity contribution < 1.29 is 0 Å². The normalized spacial score (nSPS) is 24.2. The molecule has 0 fully saturated rings. The number of pyridine rings is 1. The second-order valence-electron chi connectivity index (χ2n) is 7.52. The fourth-order valence-corrected chi connectivity index (χ4v) is 4.66. The van der Waals surface area contributed by atoms with E-state index in [-0.39, 0.29) is 10.8 Å². The van der Waals surface area contributed by atoms with Gasteiger partial charge in [-0.15, -0.1) is 0 Å². The van der Waals surface area contributed by atoms with E-state index < -0.39 is 0 Å². The average Bonchev–Trinajstić information content (AvgIpc) is 2.54. The SMILES string of the molecule is CC1(C)C=CC2=C(C1)Nc1nccc(Br)c1C2(C)c1ccccc1. The molecule has 0 bridgehead atoms. The zero-order valence-corrected chi connectivity index (χ0v) is 15.8. The van der Waals surface area contributed by atoms with Gasteiger partial charge in [-0.05, 0) is 36.0 Å².